The summed E-state index contributed by atoms with van der Waals surface area (Å²) in [4.78, 5) is 11.7. The van der Waals surface area contributed by atoms with E-state index in [9.17, 15) is 4.79 Å². The zero-order valence-corrected chi connectivity index (χ0v) is 11.3. The molecule has 0 saturated carbocycles. The van der Waals surface area contributed by atoms with Crippen LogP contribution in [0.25, 0.3) is 0 Å². The molecule has 0 radical (unpaired) electrons. The number of carbonyl (C=O) groups is 1. The van der Waals surface area contributed by atoms with Gasteiger partial charge < -0.3 is 10.1 Å². The molecule has 0 bridgehead atoms. The van der Waals surface area contributed by atoms with E-state index in [-0.39, 0.29) is 12.5 Å². The highest BCUT2D eigenvalue weighted by Gasteiger charge is 2.05. The Morgan fingerprint density at radius 1 is 1.21 bits per heavy atom. The molecular weight excluding hydrogens is 262 g/mol. The topological polar surface area (TPSA) is 38.3 Å². The lowest BCUT2D eigenvalue weighted by Gasteiger charge is -2.09. The van der Waals surface area contributed by atoms with Gasteiger partial charge >= 0.3 is 0 Å². The summed E-state index contributed by atoms with van der Waals surface area (Å²) in [5, 5.41) is 3.34. The molecule has 0 heterocycles. The van der Waals surface area contributed by atoms with Crippen LogP contribution < -0.4 is 10.1 Å². The van der Waals surface area contributed by atoms with E-state index in [1.165, 1.54) is 0 Å². The van der Waals surface area contributed by atoms with Crippen molar-refractivity contribution in [1.29, 1.82) is 0 Å². The molecular formula is C15H14ClNO2. The van der Waals surface area contributed by atoms with Gasteiger partial charge in [-0.15, -0.1) is 0 Å². The molecule has 3 nitrogen and oxygen atoms in total. The van der Waals surface area contributed by atoms with Crippen LogP contribution in [0.3, 0.4) is 0 Å². The van der Waals surface area contributed by atoms with Crippen LogP contribution in [0.1, 0.15) is 5.56 Å². The fraction of sp³-hybridized carbons (Fsp3) is 0.133. The molecule has 0 fully saturated rings. The maximum Gasteiger partial charge on any atom is 0.262 e. The molecule has 0 aliphatic rings. The highest BCUT2D eigenvalue weighted by molar-refractivity contribution is 6.30. The summed E-state index contributed by atoms with van der Waals surface area (Å²) in [7, 11) is 0. The molecule has 1 amide bonds. The minimum absolute atomic E-state index is 0.0456. The Balaban J connectivity index is 1.92. The van der Waals surface area contributed by atoms with Crippen molar-refractivity contribution in [2.24, 2.45) is 0 Å². The molecule has 0 unspecified atom stereocenters. The zero-order chi connectivity index (χ0) is 13.7. The van der Waals surface area contributed by atoms with Crippen molar-refractivity contribution in [2.45, 2.75) is 6.92 Å². The standard InChI is InChI=1S/C15H14ClNO2/c1-11-7-8-12(16)9-14(11)19-10-15(18)17-13-5-3-2-4-6-13/h2-9H,10H2,1H3,(H,17,18). The third-order valence-electron chi connectivity index (χ3n) is 2.57. The number of para-hydroxylation sites is 1. The van der Waals surface area contributed by atoms with Crippen molar-refractivity contribution >= 4 is 23.2 Å². The predicted octanol–water partition coefficient (Wildman–Crippen LogP) is 3.67. The minimum Gasteiger partial charge on any atom is -0.483 e. The number of hydrogen-bond acceptors (Lipinski definition) is 2. The van der Waals surface area contributed by atoms with Gasteiger partial charge in [-0.25, -0.2) is 0 Å². The Hall–Kier alpha value is -2.00. The van der Waals surface area contributed by atoms with Crippen LogP contribution in [0, 0.1) is 6.92 Å². The Kier molecular flexibility index (Phi) is 4.42. The second-order valence-electron chi connectivity index (χ2n) is 4.11. The van der Waals surface area contributed by atoms with Gasteiger partial charge in [0.2, 0.25) is 0 Å². The first-order chi connectivity index (χ1) is 9.15. The van der Waals surface area contributed by atoms with E-state index in [0.29, 0.717) is 10.8 Å². The Labute approximate surface area is 117 Å². The molecule has 0 atom stereocenters. The van der Waals surface area contributed by atoms with Crippen LogP contribution in [0.2, 0.25) is 5.02 Å². The van der Waals surface area contributed by atoms with Gasteiger partial charge in [0.05, 0.1) is 0 Å². The van der Waals surface area contributed by atoms with Gasteiger partial charge in [-0.05, 0) is 36.8 Å². The van der Waals surface area contributed by atoms with E-state index in [1.807, 2.05) is 43.3 Å². The van der Waals surface area contributed by atoms with E-state index < -0.39 is 0 Å². The molecule has 0 aliphatic heterocycles. The first kappa shape index (κ1) is 13.4. The number of aryl methyl sites for hydroxylation is 1. The van der Waals surface area contributed by atoms with E-state index in [2.05, 4.69) is 5.32 Å². The van der Waals surface area contributed by atoms with Gasteiger partial charge in [0.25, 0.3) is 5.91 Å². The first-order valence-corrected chi connectivity index (χ1v) is 6.27. The van der Waals surface area contributed by atoms with Crippen LogP contribution in [-0.4, -0.2) is 12.5 Å². The first-order valence-electron chi connectivity index (χ1n) is 5.89. The summed E-state index contributed by atoms with van der Waals surface area (Å²) in [5.41, 5.74) is 1.69. The summed E-state index contributed by atoms with van der Waals surface area (Å²) in [6.07, 6.45) is 0. The maximum absolute atomic E-state index is 11.7. The summed E-state index contributed by atoms with van der Waals surface area (Å²) in [5.74, 6) is 0.418. The fourth-order valence-electron chi connectivity index (χ4n) is 1.59. The van der Waals surface area contributed by atoms with Gasteiger partial charge in [-0.3, -0.25) is 4.79 Å². The zero-order valence-electron chi connectivity index (χ0n) is 10.5. The molecule has 0 aromatic heterocycles. The van der Waals surface area contributed by atoms with Crippen molar-refractivity contribution in [3.63, 3.8) is 0 Å². The summed E-state index contributed by atoms with van der Waals surface area (Å²) >= 11 is 5.88. The van der Waals surface area contributed by atoms with Crippen LogP contribution in [-0.2, 0) is 4.79 Å². The Bertz CT molecular complexity index is 570. The average molecular weight is 276 g/mol. The molecule has 2 rings (SSSR count). The number of carbonyl (C=O) groups excluding carboxylic acids is 1. The molecule has 19 heavy (non-hydrogen) atoms. The maximum atomic E-state index is 11.7. The predicted molar refractivity (Wildman–Crippen MR) is 76.8 cm³/mol. The summed E-state index contributed by atoms with van der Waals surface area (Å²) in [6, 6.07) is 14.6. The van der Waals surface area contributed by atoms with E-state index in [4.69, 9.17) is 16.3 Å². The van der Waals surface area contributed by atoms with Crippen molar-refractivity contribution in [1.82, 2.24) is 0 Å². The molecule has 0 spiro atoms. The number of hydrogen-bond donors (Lipinski definition) is 1. The molecule has 98 valence electrons. The molecule has 1 N–H and O–H groups in total. The Morgan fingerprint density at radius 2 is 1.95 bits per heavy atom. The number of rotatable bonds is 4. The van der Waals surface area contributed by atoms with E-state index in [0.717, 1.165) is 11.3 Å². The highest BCUT2D eigenvalue weighted by Crippen LogP contribution is 2.22. The van der Waals surface area contributed by atoms with E-state index >= 15 is 0 Å². The molecule has 2 aromatic rings. The van der Waals surface area contributed by atoms with Crippen LogP contribution in [0.15, 0.2) is 48.5 Å². The second kappa shape index (κ2) is 6.25. The Morgan fingerprint density at radius 3 is 2.68 bits per heavy atom. The number of ether oxygens (including phenoxy) is 1. The number of nitrogens with one attached hydrogen (secondary N) is 1. The highest BCUT2D eigenvalue weighted by atomic mass is 35.5. The van der Waals surface area contributed by atoms with Crippen LogP contribution in [0.4, 0.5) is 5.69 Å². The quantitative estimate of drug-likeness (QED) is 0.925. The van der Waals surface area contributed by atoms with Crippen molar-refractivity contribution < 1.29 is 9.53 Å². The van der Waals surface area contributed by atoms with Crippen molar-refractivity contribution in [3.8, 4) is 5.75 Å². The summed E-state index contributed by atoms with van der Waals surface area (Å²) in [6.45, 7) is 1.86. The second-order valence-corrected chi connectivity index (χ2v) is 4.55. The van der Waals surface area contributed by atoms with Crippen LogP contribution in [0.5, 0.6) is 5.75 Å². The normalized spacial score (nSPS) is 10.0. The number of halogens is 1. The lowest BCUT2D eigenvalue weighted by Crippen LogP contribution is -2.20. The van der Waals surface area contributed by atoms with Gasteiger partial charge in [0, 0.05) is 10.7 Å². The average Bonchev–Trinajstić information content (AvgIpc) is 2.41. The minimum atomic E-state index is -0.203. The van der Waals surface area contributed by atoms with E-state index in [1.54, 1.807) is 12.1 Å². The van der Waals surface area contributed by atoms with Crippen molar-refractivity contribution in [2.75, 3.05) is 11.9 Å². The molecule has 0 aliphatic carbocycles. The molecule has 4 heteroatoms. The summed E-state index contributed by atoms with van der Waals surface area (Å²) < 4.78 is 5.46. The fourth-order valence-corrected chi connectivity index (χ4v) is 1.75. The SMILES string of the molecule is Cc1ccc(Cl)cc1OCC(=O)Nc1ccccc1. The monoisotopic (exact) mass is 275 g/mol. The third kappa shape index (κ3) is 4.00. The third-order valence-corrected chi connectivity index (χ3v) is 2.80. The molecule has 2 aromatic carbocycles. The largest absolute Gasteiger partial charge is 0.483 e. The lowest BCUT2D eigenvalue weighted by molar-refractivity contribution is -0.118. The van der Waals surface area contributed by atoms with Gasteiger partial charge in [0.1, 0.15) is 5.75 Å². The van der Waals surface area contributed by atoms with Gasteiger partial charge in [-0.1, -0.05) is 35.9 Å². The van der Waals surface area contributed by atoms with Gasteiger partial charge in [-0.2, -0.15) is 0 Å². The van der Waals surface area contributed by atoms with Crippen LogP contribution >= 0.6 is 11.6 Å². The lowest BCUT2D eigenvalue weighted by atomic mass is 10.2. The number of benzene rings is 2. The number of amides is 1. The molecule has 0 saturated heterocycles. The van der Waals surface area contributed by atoms with Gasteiger partial charge in [0.15, 0.2) is 6.61 Å². The number of anilines is 1. The smallest absolute Gasteiger partial charge is 0.262 e. The van der Waals surface area contributed by atoms with Crippen molar-refractivity contribution in [3.05, 3.63) is 59.1 Å².